The highest BCUT2D eigenvalue weighted by atomic mass is 32.2. The Morgan fingerprint density at radius 1 is 1.10 bits per heavy atom. The zero-order chi connectivity index (χ0) is 22.9. The van der Waals surface area contributed by atoms with Gasteiger partial charge in [0.15, 0.2) is 0 Å². The van der Waals surface area contributed by atoms with E-state index in [2.05, 4.69) is 23.0 Å². The van der Waals surface area contributed by atoms with Crippen molar-refractivity contribution in [3.8, 4) is 0 Å². The SMILES string of the molecule is C=C/C=C\C(=C/C)C1=NN(C(=O)NS(=O)(=O)C(/C=C\C=C)=C/C)CC1c1ccccc1. The van der Waals surface area contributed by atoms with Gasteiger partial charge in [0.25, 0.3) is 10.0 Å². The molecule has 0 spiro atoms. The normalized spacial score (nSPS) is 17.8. The second kappa shape index (κ2) is 11.1. The molecule has 0 aromatic heterocycles. The van der Waals surface area contributed by atoms with Crippen LogP contribution >= 0.6 is 0 Å². The van der Waals surface area contributed by atoms with Gasteiger partial charge in [-0.15, -0.1) is 0 Å². The molecule has 1 heterocycles. The number of sulfonamides is 1. The summed E-state index contributed by atoms with van der Waals surface area (Å²) in [5.74, 6) is -0.197. The Labute approximate surface area is 184 Å². The molecular weight excluding hydrogens is 410 g/mol. The third-order valence-corrected chi connectivity index (χ3v) is 6.02. The molecule has 0 aliphatic carbocycles. The van der Waals surface area contributed by atoms with E-state index in [0.29, 0.717) is 5.71 Å². The monoisotopic (exact) mass is 437 g/mol. The summed E-state index contributed by atoms with van der Waals surface area (Å²) >= 11 is 0. The molecule has 0 saturated carbocycles. The van der Waals surface area contributed by atoms with E-state index >= 15 is 0 Å². The fourth-order valence-corrected chi connectivity index (χ4v) is 4.09. The van der Waals surface area contributed by atoms with E-state index in [-0.39, 0.29) is 17.4 Å². The summed E-state index contributed by atoms with van der Waals surface area (Å²) in [6, 6.07) is 8.85. The van der Waals surface area contributed by atoms with Crippen LogP contribution in [0.2, 0.25) is 0 Å². The van der Waals surface area contributed by atoms with Crippen LogP contribution in [0.25, 0.3) is 0 Å². The quantitative estimate of drug-likeness (QED) is 0.593. The molecule has 7 heteroatoms. The summed E-state index contributed by atoms with van der Waals surface area (Å²) in [7, 11) is -4.05. The van der Waals surface area contributed by atoms with E-state index in [1.165, 1.54) is 24.3 Å². The van der Waals surface area contributed by atoms with Gasteiger partial charge in [-0.2, -0.15) is 5.10 Å². The largest absolute Gasteiger partial charge is 0.351 e. The van der Waals surface area contributed by atoms with E-state index < -0.39 is 16.1 Å². The van der Waals surface area contributed by atoms with Crippen molar-refractivity contribution in [2.45, 2.75) is 19.8 Å². The molecule has 31 heavy (non-hydrogen) atoms. The van der Waals surface area contributed by atoms with Crippen LogP contribution in [0.1, 0.15) is 25.3 Å². The second-order valence-corrected chi connectivity index (χ2v) is 8.25. The summed E-state index contributed by atoms with van der Waals surface area (Å²) < 4.78 is 27.3. The molecule has 1 atom stereocenters. The maximum absolute atomic E-state index is 12.8. The van der Waals surface area contributed by atoms with Crippen LogP contribution in [0.5, 0.6) is 0 Å². The lowest BCUT2D eigenvalue weighted by Crippen LogP contribution is -2.40. The first-order chi connectivity index (χ1) is 14.9. The highest BCUT2D eigenvalue weighted by molar-refractivity contribution is 7.94. The van der Waals surface area contributed by atoms with E-state index in [1.54, 1.807) is 19.1 Å². The van der Waals surface area contributed by atoms with Gasteiger partial charge >= 0.3 is 6.03 Å². The molecule has 1 N–H and O–H groups in total. The Morgan fingerprint density at radius 3 is 2.32 bits per heavy atom. The standard InChI is InChI=1S/C24H27N3O3S/c1-5-9-14-19(7-3)23-22(20-15-12-11-13-16-20)18-27(25-23)24(28)26-31(29,30)21(8-4)17-10-6-2/h5-17,22H,1-2,18H2,3-4H3,(H,26,28)/b14-9-,17-10-,19-7+,21-8+. The number of hydrazone groups is 1. The van der Waals surface area contributed by atoms with E-state index in [1.807, 2.05) is 49.4 Å². The molecule has 1 aliphatic rings. The number of allylic oxidation sites excluding steroid dienone is 9. The van der Waals surface area contributed by atoms with Crippen molar-refractivity contribution < 1.29 is 13.2 Å². The van der Waals surface area contributed by atoms with Gasteiger partial charge in [0.2, 0.25) is 0 Å². The lowest BCUT2D eigenvalue weighted by Gasteiger charge is -2.16. The summed E-state index contributed by atoms with van der Waals surface area (Å²) in [6.07, 6.45) is 12.9. The first-order valence-electron chi connectivity index (χ1n) is 9.76. The van der Waals surface area contributed by atoms with Crippen LogP contribution in [0.4, 0.5) is 4.79 Å². The number of carbonyl (C=O) groups is 1. The zero-order valence-electron chi connectivity index (χ0n) is 17.7. The van der Waals surface area contributed by atoms with Crippen molar-refractivity contribution in [2.24, 2.45) is 5.10 Å². The average Bonchev–Trinajstić information content (AvgIpc) is 3.20. The van der Waals surface area contributed by atoms with E-state index in [9.17, 15) is 13.2 Å². The van der Waals surface area contributed by atoms with Gasteiger partial charge in [-0.25, -0.2) is 22.9 Å². The lowest BCUT2D eigenvalue weighted by atomic mass is 9.90. The van der Waals surface area contributed by atoms with Crippen LogP contribution < -0.4 is 4.72 Å². The minimum Gasteiger partial charge on any atom is -0.246 e. The number of nitrogens with one attached hydrogen (secondary N) is 1. The Balaban J connectivity index is 2.37. The fraction of sp³-hybridized carbons (Fsp3) is 0.167. The molecule has 0 fully saturated rings. The third kappa shape index (κ3) is 6.02. The number of hydrogen-bond donors (Lipinski definition) is 1. The summed E-state index contributed by atoms with van der Waals surface area (Å²) in [5.41, 5.74) is 2.49. The Morgan fingerprint density at radius 2 is 1.74 bits per heavy atom. The van der Waals surface area contributed by atoms with Gasteiger partial charge in [0.1, 0.15) is 0 Å². The smallest absolute Gasteiger partial charge is 0.246 e. The maximum atomic E-state index is 12.8. The fourth-order valence-electron chi connectivity index (χ4n) is 3.07. The van der Waals surface area contributed by atoms with E-state index in [0.717, 1.165) is 16.1 Å². The number of benzene rings is 1. The molecular formula is C24H27N3O3S. The van der Waals surface area contributed by atoms with Crippen molar-refractivity contribution in [2.75, 3.05) is 6.54 Å². The molecule has 1 aromatic rings. The summed E-state index contributed by atoms with van der Waals surface area (Å²) in [4.78, 5) is 12.8. The molecule has 2 rings (SSSR count). The molecule has 1 aliphatic heterocycles. The Kier molecular flexibility index (Phi) is 8.52. The molecule has 0 bridgehead atoms. The first kappa shape index (κ1) is 23.8. The average molecular weight is 438 g/mol. The zero-order valence-corrected chi connectivity index (χ0v) is 18.5. The maximum Gasteiger partial charge on any atom is 0.351 e. The van der Waals surface area contributed by atoms with Gasteiger partial charge in [-0.05, 0) is 31.1 Å². The number of rotatable bonds is 8. The Bertz CT molecular complexity index is 1080. The third-order valence-electron chi connectivity index (χ3n) is 4.58. The molecule has 0 radical (unpaired) electrons. The van der Waals surface area contributed by atoms with Gasteiger partial charge in [-0.3, -0.25) is 0 Å². The minimum atomic E-state index is -4.05. The first-order valence-corrected chi connectivity index (χ1v) is 11.2. The molecule has 1 unspecified atom stereocenters. The lowest BCUT2D eigenvalue weighted by molar-refractivity contribution is 0.210. The van der Waals surface area contributed by atoms with Crippen LogP contribution in [0.15, 0.2) is 108 Å². The molecule has 2 amide bonds. The van der Waals surface area contributed by atoms with Crippen molar-refractivity contribution in [1.82, 2.24) is 9.73 Å². The van der Waals surface area contributed by atoms with E-state index in [4.69, 9.17) is 0 Å². The number of carbonyl (C=O) groups excluding carboxylic acids is 1. The highest BCUT2D eigenvalue weighted by Gasteiger charge is 2.34. The van der Waals surface area contributed by atoms with Gasteiger partial charge in [0, 0.05) is 5.92 Å². The number of urea groups is 1. The Hall–Kier alpha value is -3.45. The van der Waals surface area contributed by atoms with Crippen molar-refractivity contribution in [1.29, 1.82) is 0 Å². The topological polar surface area (TPSA) is 78.8 Å². The molecule has 6 nitrogen and oxygen atoms in total. The van der Waals surface area contributed by atoms with Crippen molar-refractivity contribution in [3.05, 3.63) is 108 Å². The van der Waals surface area contributed by atoms with Crippen LogP contribution in [0.3, 0.4) is 0 Å². The van der Waals surface area contributed by atoms with Crippen molar-refractivity contribution >= 4 is 21.8 Å². The highest BCUT2D eigenvalue weighted by Crippen LogP contribution is 2.29. The predicted molar refractivity (Wildman–Crippen MR) is 127 cm³/mol. The van der Waals surface area contributed by atoms with Gasteiger partial charge < -0.3 is 0 Å². The molecule has 1 aromatic carbocycles. The number of hydrogen-bond acceptors (Lipinski definition) is 4. The summed E-state index contributed by atoms with van der Waals surface area (Å²) in [5, 5.41) is 5.62. The van der Waals surface area contributed by atoms with Crippen LogP contribution in [-0.4, -0.2) is 31.7 Å². The second-order valence-electron chi connectivity index (χ2n) is 6.57. The summed E-state index contributed by atoms with van der Waals surface area (Å²) in [6.45, 7) is 10.9. The number of amides is 2. The van der Waals surface area contributed by atoms with Crippen molar-refractivity contribution in [3.63, 3.8) is 0 Å². The minimum absolute atomic E-state index is 0.0354. The van der Waals surface area contributed by atoms with Gasteiger partial charge in [-0.1, -0.05) is 86.0 Å². The number of nitrogens with zero attached hydrogens (tertiary/aromatic N) is 2. The van der Waals surface area contributed by atoms with Gasteiger partial charge in [0.05, 0.1) is 17.2 Å². The van der Waals surface area contributed by atoms with Crippen LogP contribution in [0, 0.1) is 0 Å². The molecule has 0 saturated heterocycles. The molecule has 162 valence electrons. The van der Waals surface area contributed by atoms with Crippen LogP contribution in [-0.2, 0) is 10.0 Å². The predicted octanol–water partition coefficient (Wildman–Crippen LogP) is 4.82.